The number of aliphatic carboxylic acids is 2. The number of carboxylic acid groups (broad SMARTS) is 2. The summed E-state index contributed by atoms with van der Waals surface area (Å²) in [6.07, 6.45) is -10.2. The third-order valence-electron chi connectivity index (χ3n) is 0.807. The van der Waals surface area contributed by atoms with Gasteiger partial charge in [0.2, 0.25) is 0 Å². The van der Waals surface area contributed by atoms with E-state index in [9.17, 15) is 26.3 Å². The molecule has 0 aromatic carbocycles. The van der Waals surface area contributed by atoms with Gasteiger partial charge in [-0.1, -0.05) is 0 Å². The lowest BCUT2D eigenvalue weighted by molar-refractivity contribution is -0.193. The van der Waals surface area contributed by atoms with E-state index in [4.69, 9.17) is 25.5 Å². The first-order valence-corrected chi connectivity index (χ1v) is 4.09. The predicted octanol–water partition coefficient (Wildman–Crippen LogP) is 0.858. The summed E-state index contributed by atoms with van der Waals surface area (Å²) in [5.74, 6) is -5.51. The summed E-state index contributed by atoms with van der Waals surface area (Å²) in [6.45, 7) is 1.29. The molecule has 12 heteroatoms. The molecular formula is C7H11F6NO5. The SMILES string of the molecule is COCCN.O=C(O)C(F)(F)F.O=C(O)C(F)(F)F. The Morgan fingerprint density at radius 2 is 1.21 bits per heavy atom. The minimum atomic E-state index is -5.08. The van der Waals surface area contributed by atoms with Crippen molar-refractivity contribution < 1.29 is 50.9 Å². The molecule has 19 heavy (non-hydrogen) atoms. The Hall–Kier alpha value is -1.56. The standard InChI is InChI=1S/C3H9NO.2C2HF3O2/c1-5-3-2-4;2*3-2(4,5)1(6)7/h2-4H2,1H3;2*(H,6,7). The number of rotatable bonds is 2. The van der Waals surface area contributed by atoms with Gasteiger partial charge in [0.25, 0.3) is 0 Å². The monoisotopic (exact) mass is 303 g/mol. The van der Waals surface area contributed by atoms with E-state index in [1.807, 2.05) is 0 Å². The topological polar surface area (TPSA) is 110 Å². The lowest BCUT2D eigenvalue weighted by Crippen LogP contribution is -2.21. The van der Waals surface area contributed by atoms with Crippen LogP contribution in [0.5, 0.6) is 0 Å². The van der Waals surface area contributed by atoms with E-state index in [1.165, 1.54) is 0 Å². The predicted molar refractivity (Wildman–Crippen MR) is 48.3 cm³/mol. The number of halogens is 6. The van der Waals surface area contributed by atoms with Gasteiger partial charge in [-0.2, -0.15) is 26.3 Å². The Kier molecular flexibility index (Phi) is 12.3. The zero-order valence-electron chi connectivity index (χ0n) is 9.38. The Labute approximate surface area is 102 Å². The molecule has 116 valence electrons. The fourth-order valence-electron chi connectivity index (χ4n) is 0.118. The van der Waals surface area contributed by atoms with Crippen LogP contribution in [0.4, 0.5) is 26.3 Å². The summed E-state index contributed by atoms with van der Waals surface area (Å²) in [5, 5.41) is 14.2. The van der Waals surface area contributed by atoms with Crippen LogP contribution < -0.4 is 5.73 Å². The van der Waals surface area contributed by atoms with Gasteiger partial charge in [-0.25, -0.2) is 9.59 Å². The third kappa shape index (κ3) is 22.2. The van der Waals surface area contributed by atoms with Gasteiger partial charge in [-0.15, -0.1) is 0 Å². The number of hydrogen-bond donors (Lipinski definition) is 3. The minimum Gasteiger partial charge on any atom is -0.475 e. The summed E-state index contributed by atoms with van der Waals surface area (Å²) in [6, 6.07) is 0. The molecule has 0 rings (SSSR count). The number of hydrogen-bond acceptors (Lipinski definition) is 4. The zero-order chi connectivity index (χ0) is 16.3. The molecule has 0 fully saturated rings. The van der Waals surface area contributed by atoms with Crippen LogP contribution in [0, 0.1) is 0 Å². The molecule has 0 atom stereocenters. The maximum atomic E-state index is 10.6. The molecule has 0 saturated heterocycles. The first-order chi connectivity index (χ1) is 8.30. The van der Waals surface area contributed by atoms with Crippen LogP contribution in [0.25, 0.3) is 0 Å². The second-order valence-electron chi connectivity index (χ2n) is 2.39. The van der Waals surface area contributed by atoms with Crippen LogP contribution in [0.15, 0.2) is 0 Å². The number of carbonyl (C=O) groups is 2. The third-order valence-corrected chi connectivity index (χ3v) is 0.807. The van der Waals surface area contributed by atoms with Crippen molar-refractivity contribution in [3.63, 3.8) is 0 Å². The first kappa shape index (κ1) is 22.6. The van der Waals surface area contributed by atoms with Gasteiger partial charge in [-0.3, -0.25) is 0 Å². The Morgan fingerprint density at radius 1 is 1.00 bits per heavy atom. The molecular weight excluding hydrogens is 292 g/mol. The van der Waals surface area contributed by atoms with Crippen molar-refractivity contribution in [2.45, 2.75) is 12.4 Å². The van der Waals surface area contributed by atoms with Gasteiger partial charge >= 0.3 is 24.3 Å². The van der Waals surface area contributed by atoms with E-state index in [2.05, 4.69) is 4.74 Å². The molecule has 0 aliphatic carbocycles. The minimum absolute atomic E-state index is 0.622. The second kappa shape index (κ2) is 10.4. The van der Waals surface area contributed by atoms with Crippen LogP contribution in [0.1, 0.15) is 0 Å². The quantitative estimate of drug-likeness (QED) is 0.653. The Bertz CT molecular complexity index is 238. The normalized spacial score (nSPS) is 10.5. The van der Waals surface area contributed by atoms with Gasteiger partial charge in [0.05, 0.1) is 6.61 Å². The summed E-state index contributed by atoms with van der Waals surface area (Å²) in [4.78, 5) is 17.8. The van der Waals surface area contributed by atoms with Crippen LogP contribution >= 0.6 is 0 Å². The maximum Gasteiger partial charge on any atom is 0.490 e. The lowest BCUT2D eigenvalue weighted by Gasteiger charge is -1.93. The fraction of sp³-hybridized carbons (Fsp3) is 0.714. The molecule has 0 spiro atoms. The van der Waals surface area contributed by atoms with Gasteiger partial charge in [0.1, 0.15) is 0 Å². The van der Waals surface area contributed by atoms with Gasteiger partial charge in [-0.05, 0) is 0 Å². The number of nitrogens with two attached hydrogens (primary N) is 1. The lowest BCUT2D eigenvalue weighted by atomic mass is 10.7. The van der Waals surface area contributed by atoms with E-state index >= 15 is 0 Å². The average molecular weight is 303 g/mol. The van der Waals surface area contributed by atoms with Gasteiger partial charge in [0, 0.05) is 13.7 Å². The van der Waals surface area contributed by atoms with E-state index in [1.54, 1.807) is 7.11 Å². The van der Waals surface area contributed by atoms with Crippen molar-refractivity contribution in [3.8, 4) is 0 Å². The highest BCUT2D eigenvalue weighted by Gasteiger charge is 2.38. The fourth-order valence-corrected chi connectivity index (χ4v) is 0.118. The van der Waals surface area contributed by atoms with Crippen molar-refractivity contribution in [2.75, 3.05) is 20.3 Å². The largest absolute Gasteiger partial charge is 0.490 e. The molecule has 4 N–H and O–H groups in total. The molecule has 0 saturated carbocycles. The molecule has 0 aromatic heterocycles. The van der Waals surface area contributed by atoms with Gasteiger partial charge < -0.3 is 20.7 Å². The number of carboxylic acids is 2. The van der Waals surface area contributed by atoms with Crippen LogP contribution in [-0.2, 0) is 14.3 Å². The second-order valence-corrected chi connectivity index (χ2v) is 2.39. The number of ether oxygens (including phenoxy) is 1. The smallest absolute Gasteiger partial charge is 0.475 e. The van der Waals surface area contributed by atoms with E-state index < -0.39 is 24.3 Å². The average Bonchev–Trinajstić information content (AvgIpc) is 2.17. The molecule has 0 bridgehead atoms. The van der Waals surface area contributed by atoms with Crippen molar-refractivity contribution in [1.29, 1.82) is 0 Å². The summed E-state index contributed by atoms with van der Waals surface area (Å²) < 4.78 is 68.0. The van der Waals surface area contributed by atoms with E-state index in [0.29, 0.717) is 13.2 Å². The van der Waals surface area contributed by atoms with Crippen molar-refractivity contribution in [3.05, 3.63) is 0 Å². The molecule has 0 aliphatic heterocycles. The van der Waals surface area contributed by atoms with Crippen LogP contribution in [-0.4, -0.2) is 54.8 Å². The highest BCUT2D eigenvalue weighted by molar-refractivity contribution is 5.73. The summed E-state index contributed by atoms with van der Waals surface area (Å²) in [5.41, 5.74) is 5.01. The van der Waals surface area contributed by atoms with E-state index in [-0.39, 0.29) is 0 Å². The highest BCUT2D eigenvalue weighted by atomic mass is 19.4. The first-order valence-electron chi connectivity index (χ1n) is 4.09. The summed E-state index contributed by atoms with van der Waals surface area (Å²) >= 11 is 0. The molecule has 0 amide bonds. The molecule has 0 unspecified atom stereocenters. The van der Waals surface area contributed by atoms with Gasteiger partial charge in [0.15, 0.2) is 0 Å². The molecule has 0 aliphatic rings. The highest BCUT2D eigenvalue weighted by Crippen LogP contribution is 2.13. The van der Waals surface area contributed by atoms with Crippen molar-refractivity contribution >= 4 is 11.9 Å². The van der Waals surface area contributed by atoms with E-state index in [0.717, 1.165) is 0 Å². The number of methoxy groups -OCH3 is 1. The molecule has 6 nitrogen and oxygen atoms in total. The van der Waals surface area contributed by atoms with Crippen molar-refractivity contribution in [1.82, 2.24) is 0 Å². The molecule has 0 heterocycles. The molecule has 0 radical (unpaired) electrons. The van der Waals surface area contributed by atoms with Crippen LogP contribution in [0.2, 0.25) is 0 Å². The van der Waals surface area contributed by atoms with Crippen LogP contribution in [0.3, 0.4) is 0 Å². The van der Waals surface area contributed by atoms with Crippen molar-refractivity contribution in [2.24, 2.45) is 5.73 Å². The molecule has 0 aromatic rings. The Balaban J connectivity index is -0.000000206. The maximum absolute atomic E-state index is 10.6. The Morgan fingerprint density at radius 3 is 1.21 bits per heavy atom. The summed E-state index contributed by atoms with van der Waals surface area (Å²) in [7, 11) is 1.63. The zero-order valence-corrected chi connectivity index (χ0v) is 9.38. The number of alkyl halides is 6.